The average molecular weight is 1860 g/mol. The second-order valence-electron chi connectivity index (χ2n) is 35.6. The van der Waals surface area contributed by atoms with Crippen molar-refractivity contribution in [3.63, 3.8) is 0 Å². The number of hydrogen-bond acceptors (Lipinski definition) is 9. The Labute approximate surface area is 844 Å². The monoisotopic (exact) mass is 1850 g/mol. The summed E-state index contributed by atoms with van der Waals surface area (Å²) >= 11 is 0. The van der Waals surface area contributed by atoms with Crippen LogP contribution in [0.2, 0.25) is 0 Å². The molecular weight excluding hydrogens is 1760 g/mol. The SMILES string of the molecule is c1ccc(-c2cc3nc(-c4ccc(N(c5ccccc5)c5ccccc5)cc4)c(-c4ccccc4)nc3cc2-c2ccc3ccccc3c2)cc1.c1ccc(-c2ccc(-c3cccc4nc(-c5ccc(N(c6ccccc6)c6ccccc6)cc5)c(-c5ccccc5)nc34)cc2)cc1.c1ccc(-c2ccc(-c3cccc4nc(-c5ccccc5)c(-c5ccc(N(c6ccccc6)c6ccccc6)cc5)nc34)cc2)cc1. The van der Waals surface area contributed by atoms with Crippen LogP contribution in [0.1, 0.15) is 0 Å². The maximum Gasteiger partial charge on any atom is 0.0973 e. The van der Waals surface area contributed by atoms with Gasteiger partial charge in [0.15, 0.2) is 0 Å². The van der Waals surface area contributed by atoms with E-state index in [1.54, 1.807) is 0 Å². The Bertz CT molecular complexity index is 8620. The number of nitrogens with zero attached hydrogens (tertiary/aromatic N) is 9. The van der Waals surface area contributed by atoms with Gasteiger partial charge in [0.05, 0.1) is 67.3 Å². The van der Waals surface area contributed by atoms with Gasteiger partial charge in [0.1, 0.15) is 0 Å². The number of anilines is 9. The molecule has 145 heavy (non-hydrogen) atoms. The first-order valence-corrected chi connectivity index (χ1v) is 48.9. The van der Waals surface area contributed by atoms with Crippen LogP contribution in [0.15, 0.2) is 576 Å². The standard InChI is InChI=1S/C48H33N3.2C44H31N3/c1-5-16-35(17-6-1)43-32-45-46(33-44(43)39-26-25-34-15-13-14-20-38(34)31-39)49-47(36-18-7-2-8-19-36)48(50-45)37-27-29-42(30-28-37)51(40-21-9-3-10-22-40)41-23-11-4-12-24-41;1-5-14-32(15-6-1)33-24-26-34(27-25-33)40-22-13-23-41-44(40)46-43(35-16-7-2-8-17-35)42(45-41)36-28-30-39(31-29-36)47(37-18-9-3-10-19-37)38-20-11-4-12-21-38;1-5-14-32(15-6-1)33-24-26-34(27-25-33)40-22-13-23-41-44(40)46-43(42(45-41)35-16-7-2-8-17-35)36-28-30-39(31-29-36)47(37-18-9-3-10-19-37)38-20-11-4-12-21-38/h1-33H;2*1-31H. The second-order valence-corrected chi connectivity index (χ2v) is 35.6. The van der Waals surface area contributed by atoms with Crippen molar-refractivity contribution < 1.29 is 0 Å². The van der Waals surface area contributed by atoms with E-state index in [1.165, 1.54) is 33.0 Å². The van der Waals surface area contributed by atoms with Crippen molar-refractivity contribution in [2.45, 2.75) is 0 Å². The molecule has 684 valence electrons. The lowest BCUT2D eigenvalue weighted by Gasteiger charge is -2.25. The van der Waals surface area contributed by atoms with Gasteiger partial charge in [-0.3, -0.25) is 0 Å². The average Bonchev–Trinajstić information content (AvgIpc) is 0.709. The molecule has 0 amide bonds. The number of para-hydroxylation sites is 8. The third-order valence-electron chi connectivity index (χ3n) is 26.4. The molecular formula is C136H95N9. The van der Waals surface area contributed by atoms with E-state index in [0.717, 1.165) is 196 Å². The summed E-state index contributed by atoms with van der Waals surface area (Å²) in [5, 5.41) is 2.43. The topological polar surface area (TPSA) is 87.1 Å². The molecule has 0 atom stereocenters. The van der Waals surface area contributed by atoms with Crippen LogP contribution in [-0.2, 0) is 0 Å². The molecule has 0 fully saturated rings. The van der Waals surface area contributed by atoms with E-state index < -0.39 is 0 Å². The van der Waals surface area contributed by atoms with E-state index in [0.29, 0.717) is 0 Å². The van der Waals surface area contributed by atoms with E-state index in [1.807, 2.05) is 66.7 Å². The molecule has 25 rings (SSSR count). The third kappa shape index (κ3) is 19.4. The Morgan fingerprint density at radius 1 is 0.110 bits per heavy atom. The summed E-state index contributed by atoms with van der Waals surface area (Å²) < 4.78 is 0. The maximum absolute atomic E-state index is 5.41. The highest BCUT2D eigenvalue weighted by Crippen LogP contribution is 2.46. The fourth-order valence-electron chi connectivity index (χ4n) is 19.2. The molecule has 22 aromatic carbocycles. The number of hydrogen-bond donors (Lipinski definition) is 0. The van der Waals surface area contributed by atoms with Crippen molar-refractivity contribution in [1.29, 1.82) is 0 Å². The lowest BCUT2D eigenvalue weighted by Crippen LogP contribution is -2.09. The molecule has 0 radical (unpaired) electrons. The highest BCUT2D eigenvalue weighted by Gasteiger charge is 2.25. The smallest absolute Gasteiger partial charge is 0.0973 e. The minimum atomic E-state index is 0.851. The summed E-state index contributed by atoms with van der Waals surface area (Å²) in [5.41, 5.74) is 40.0. The minimum Gasteiger partial charge on any atom is -0.311 e. The Balaban J connectivity index is 0.000000120. The first-order valence-electron chi connectivity index (χ1n) is 48.9. The maximum atomic E-state index is 5.41. The van der Waals surface area contributed by atoms with Gasteiger partial charge in [-0.05, 0) is 206 Å². The van der Waals surface area contributed by atoms with Crippen molar-refractivity contribution in [2.24, 2.45) is 0 Å². The molecule has 3 aromatic heterocycles. The molecule has 9 nitrogen and oxygen atoms in total. The zero-order valence-electron chi connectivity index (χ0n) is 79.4. The highest BCUT2D eigenvalue weighted by molar-refractivity contribution is 6.01. The summed E-state index contributed by atoms with van der Waals surface area (Å²) in [6.07, 6.45) is 0. The molecule has 0 saturated heterocycles. The summed E-state index contributed by atoms with van der Waals surface area (Å²) in [5.74, 6) is 0. The van der Waals surface area contributed by atoms with Gasteiger partial charge < -0.3 is 14.7 Å². The van der Waals surface area contributed by atoms with E-state index >= 15 is 0 Å². The van der Waals surface area contributed by atoms with Crippen LogP contribution in [0, 0.1) is 0 Å². The molecule has 0 aliphatic carbocycles. The molecule has 0 aliphatic heterocycles. The molecule has 0 aliphatic rings. The summed E-state index contributed by atoms with van der Waals surface area (Å²) in [7, 11) is 0. The van der Waals surface area contributed by atoms with Gasteiger partial charge >= 0.3 is 0 Å². The molecule has 0 unspecified atom stereocenters. The van der Waals surface area contributed by atoms with Crippen LogP contribution < -0.4 is 14.7 Å². The Morgan fingerprint density at radius 2 is 0.310 bits per heavy atom. The number of aromatic nitrogens is 6. The van der Waals surface area contributed by atoms with Crippen LogP contribution in [0.4, 0.5) is 51.2 Å². The predicted molar refractivity (Wildman–Crippen MR) is 605 cm³/mol. The zero-order valence-corrected chi connectivity index (χ0v) is 79.4. The van der Waals surface area contributed by atoms with E-state index in [9.17, 15) is 0 Å². The van der Waals surface area contributed by atoms with Gasteiger partial charge in [-0.15, -0.1) is 0 Å². The normalized spacial score (nSPS) is 11.0. The van der Waals surface area contributed by atoms with Gasteiger partial charge in [0, 0.05) is 95.7 Å². The molecule has 3 heterocycles. The van der Waals surface area contributed by atoms with Crippen molar-refractivity contribution in [3.05, 3.63) is 576 Å². The van der Waals surface area contributed by atoms with Crippen LogP contribution >= 0.6 is 0 Å². The zero-order chi connectivity index (χ0) is 96.8. The minimum absolute atomic E-state index is 0.851. The number of rotatable bonds is 21. The molecule has 0 saturated carbocycles. The van der Waals surface area contributed by atoms with Gasteiger partial charge in [0.25, 0.3) is 0 Å². The molecule has 9 heteroatoms. The molecule has 25 aromatic rings. The van der Waals surface area contributed by atoms with Crippen LogP contribution in [-0.4, -0.2) is 29.9 Å². The van der Waals surface area contributed by atoms with Crippen LogP contribution in [0.5, 0.6) is 0 Å². The van der Waals surface area contributed by atoms with Crippen LogP contribution in [0.25, 0.3) is 178 Å². The van der Waals surface area contributed by atoms with E-state index in [4.69, 9.17) is 29.9 Å². The fourth-order valence-corrected chi connectivity index (χ4v) is 19.2. The third-order valence-corrected chi connectivity index (χ3v) is 26.4. The lowest BCUT2D eigenvalue weighted by atomic mass is 9.92. The Hall–Kier alpha value is -19.5. The number of fused-ring (bicyclic) bond motifs is 4. The quantitative estimate of drug-likeness (QED) is 0.0698. The van der Waals surface area contributed by atoms with Crippen molar-refractivity contribution in [3.8, 4) is 134 Å². The van der Waals surface area contributed by atoms with Gasteiger partial charge in [-0.25, -0.2) is 29.9 Å². The van der Waals surface area contributed by atoms with Crippen molar-refractivity contribution in [2.75, 3.05) is 14.7 Å². The Kier molecular flexibility index (Phi) is 25.7. The van der Waals surface area contributed by atoms with E-state index in [2.05, 4.69) is 524 Å². The first-order chi connectivity index (χ1) is 71.9. The van der Waals surface area contributed by atoms with Gasteiger partial charge in [0.2, 0.25) is 0 Å². The largest absolute Gasteiger partial charge is 0.311 e. The van der Waals surface area contributed by atoms with Gasteiger partial charge in [-0.2, -0.15) is 0 Å². The number of benzene rings is 22. The fraction of sp³-hybridized carbons (Fsp3) is 0. The summed E-state index contributed by atoms with van der Waals surface area (Å²) in [4.78, 5) is 38.9. The molecule has 0 spiro atoms. The Morgan fingerprint density at radius 3 is 0.614 bits per heavy atom. The molecule has 0 bridgehead atoms. The van der Waals surface area contributed by atoms with Gasteiger partial charge in [-0.1, -0.05) is 437 Å². The molecule has 0 N–H and O–H groups in total. The van der Waals surface area contributed by atoms with Crippen LogP contribution in [0.3, 0.4) is 0 Å². The van der Waals surface area contributed by atoms with E-state index in [-0.39, 0.29) is 0 Å². The predicted octanol–water partition coefficient (Wildman–Crippen LogP) is 36.5. The second kappa shape index (κ2) is 41.7. The summed E-state index contributed by atoms with van der Waals surface area (Å²) in [6, 6.07) is 201. The summed E-state index contributed by atoms with van der Waals surface area (Å²) in [6.45, 7) is 0. The lowest BCUT2D eigenvalue weighted by molar-refractivity contribution is 1.27. The van der Waals surface area contributed by atoms with Crippen molar-refractivity contribution >= 4 is 95.1 Å². The van der Waals surface area contributed by atoms with Crippen molar-refractivity contribution in [1.82, 2.24) is 29.9 Å². The highest BCUT2D eigenvalue weighted by atomic mass is 15.2. The first kappa shape index (κ1) is 89.4.